The number of aromatic hydroxyl groups is 2. The third kappa shape index (κ3) is 1.75. The van der Waals surface area contributed by atoms with Gasteiger partial charge in [0.2, 0.25) is 0 Å². The molecule has 1 heterocycles. The minimum absolute atomic E-state index is 0.128. The minimum atomic E-state index is 0.128. The fourth-order valence-corrected chi connectivity index (χ4v) is 1.79. The first-order valence-electron chi connectivity index (χ1n) is 4.52. The van der Waals surface area contributed by atoms with E-state index in [1.54, 1.807) is 12.1 Å². The topological polar surface area (TPSA) is 52.5 Å². The molecule has 1 aliphatic rings. The third-order valence-corrected chi connectivity index (χ3v) is 2.39. The van der Waals surface area contributed by atoms with Gasteiger partial charge in [-0.25, -0.2) is 0 Å². The molecular weight excluding hydrogens is 166 g/mol. The summed E-state index contributed by atoms with van der Waals surface area (Å²) in [5, 5.41) is 21.8. The van der Waals surface area contributed by atoms with Crippen LogP contribution >= 0.6 is 0 Å². The normalized spacial score (nSPS) is 22.0. The summed E-state index contributed by atoms with van der Waals surface area (Å²) >= 11 is 0. The van der Waals surface area contributed by atoms with Gasteiger partial charge in [0.1, 0.15) is 11.5 Å². The van der Waals surface area contributed by atoms with Gasteiger partial charge in [0, 0.05) is 12.1 Å². The zero-order valence-corrected chi connectivity index (χ0v) is 7.33. The second-order valence-electron chi connectivity index (χ2n) is 3.43. The van der Waals surface area contributed by atoms with Crippen LogP contribution in [0, 0.1) is 0 Å². The number of rotatable bonds is 1. The summed E-state index contributed by atoms with van der Waals surface area (Å²) in [5.41, 5.74) is 0.968. The molecule has 0 saturated carbocycles. The Morgan fingerprint density at radius 3 is 2.38 bits per heavy atom. The number of benzene rings is 1. The van der Waals surface area contributed by atoms with Crippen LogP contribution in [0.15, 0.2) is 18.2 Å². The molecule has 0 unspecified atom stereocenters. The Kier molecular flexibility index (Phi) is 2.10. The van der Waals surface area contributed by atoms with Crippen molar-refractivity contribution < 1.29 is 10.2 Å². The van der Waals surface area contributed by atoms with E-state index in [0.717, 1.165) is 24.9 Å². The van der Waals surface area contributed by atoms with E-state index < -0.39 is 0 Å². The van der Waals surface area contributed by atoms with Gasteiger partial charge in [0.25, 0.3) is 0 Å². The highest BCUT2D eigenvalue weighted by molar-refractivity contribution is 5.38. The predicted octanol–water partition coefficient (Wildman–Crippen LogP) is 1.52. The van der Waals surface area contributed by atoms with Crippen molar-refractivity contribution in [2.24, 2.45) is 0 Å². The van der Waals surface area contributed by atoms with Crippen molar-refractivity contribution in [3.8, 4) is 11.5 Å². The lowest BCUT2D eigenvalue weighted by molar-refractivity contribution is 0.447. The van der Waals surface area contributed by atoms with Crippen molar-refractivity contribution >= 4 is 0 Å². The SMILES string of the molecule is Oc1cc(O)cc([C@@H]2CCCN2)c1. The van der Waals surface area contributed by atoms with Gasteiger partial charge < -0.3 is 15.5 Å². The quantitative estimate of drug-likeness (QED) is 0.612. The van der Waals surface area contributed by atoms with Crippen LogP contribution in [-0.4, -0.2) is 16.8 Å². The minimum Gasteiger partial charge on any atom is -0.508 e. The fraction of sp³-hybridized carbons (Fsp3) is 0.400. The molecule has 1 saturated heterocycles. The summed E-state index contributed by atoms with van der Waals surface area (Å²) in [6.45, 7) is 1.01. The maximum Gasteiger partial charge on any atom is 0.119 e. The highest BCUT2D eigenvalue weighted by atomic mass is 16.3. The van der Waals surface area contributed by atoms with Gasteiger partial charge in [-0.2, -0.15) is 0 Å². The first-order chi connectivity index (χ1) is 6.25. The molecule has 2 rings (SSSR count). The van der Waals surface area contributed by atoms with E-state index in [1.165, 1.54) is 6.07 Å². The number of nitrogens with one attached hydrogen (secondary N) is 1. The van der Waals surface area contributed by atoms with Gasteiger partial charge in [-0.1, -0.05) is 0 Å². The Morgan fingerprint density at radius 2 is 1.85 bits per heavy atom. The Balaban J connectivity index is 2.28. The van der Waals surface area contributed by atoms with Crippen LogP contribution in [0.3, 0.4) is 0 Å². The molecule has 1 aromatic rings. The molecule has 0 amide bonds. The van der Waals surface area contributed by atoms with E-state index in [2.05, 4.69) is 5.32 Å². The van der Waals surface area contributed by atoms with E-state index in [-0.39, 0.29) is 17.5 Å². The molecule has 1 fully saturated rings. The van der Waals surface area contributed by atoms with Crippen molar-refractivity contribution in [1.82, 2.24) is 5.32 Å². The highest BCUT2D eigenvalue weighted by Gasteiger charge is 2.16. The first-order valence-corrected chi connectivity index (χ1v) is 4.52. The second kappa shape index (κ2) is 3.26. The van der Waals surface area contributed by atoms with Crippen molar-refractivity contribution in [3.05, 3.63) is 23.8 Å². The molecule has 0 bridgehead atoms. The van der Waals surface area contributed by atoms with E-state index in [9.17, 15) is 10.2 Å². The lowest BCUT2D eigenvalue weighted by Crippen LogP contribution is -2.12. The molecule has 0 aromatic heterocycles. The summed E-state index contributed by atoms with van der Waals surface area (Å²) in [4.78, 5) is 0. The smallest absolute Gasteiger partial charge is 0.119 e. The second-order valence-corrected chi connectivity index (χ2v) is 3.43. The molecule has 3 heteroatoms. The van der Waals surface area contributed by atoms with Crippen molar-refractivity contribution in [2.75, 3.05) is 6.54 Å². The average molecular weight is 179 g/mol. The van der Waals surface area contributed by atoms with Gasteiger partial charge in [-0.15, -0.1) is 0 Å². The Morgan fingerprint density at radius 1 is 1.15 bits per heavy atom. The molecule has 0 spiro atoms. The zero-order valence-electron chi connectivity index (χ0n) is 7.33. The average Bonchev–Trinajstić information content (AvgIpc) is 2.53. The van der Waals surface area contributed by atoms with Crippen molar-refractivity contribution in [3.63, 3.8) is 0 Å². The van der Waals surface area contributed by atoms with E-state index in [1.807, 2.05) is 0 Å². The standard InChI is InChI=1S/C10H13NO2/c12-8-4-7(5-9(13)6-8)10-2-1-3-11-10/h4-6,10-13H,1-3H2/t10-/m0/s1. The lowest BCUT2D eigenvalue weighted by atomic mass is 10.0. The number of hydrogen-bond donors (Lipinski definition) is 3. The van der Waals surface area contributed by atoms with Gasteiger partial charge in [-0.05, 0) is 37.1 Å². The van der Waals surface area contributed by atoms with Crippen LogP contribution < -0.4 is 5.32 Å². The molecule has 0 aliphatic carbocycles. The summed E-state index contributed by atoms with van der Waals surface area (Å²) < 4.78 is 0. The highest BCUT2D eigenvalue weighted by Crippen LogP contribution is 2.29. The molecule has 0 radical (unpaired) electrons. The van der Waals surface area contributed by atoms with Crippen molar-refractivity contribution in [1.29, 1.82) is 0 Å². The van der Waals surface area contributed by atoms with Gasteiger partial charge in [0.15, 0.2) is 0 Å². The predicted molar refractivity (Wildman–Crippen MR) is 49.7 cm³/mol. The summed E-state index contributed by atoms with van der Waals surface area (Å²) in [6, 6.07) is 5.03. The largest absolute Gasteiger partial charge is 0.508 e. The maximum absolute atomic E-state index is 9.27. The molecule has 3 nitrogen and oxygen atoms in total. The number of phenols is 2. The van der Waals surface area contributed by atoms with Gasteiger partial charge in [-0.3, -0.25) is 0 Å². The van der Waals surface area contributed by atoms with Gasteiger partial charge in [0.05, 0.1) is 0 Å². The van der Waals surface area contributed by atoms with E-state index in [4.69, 9.17) is 0 Å². The molecule has 13 heavy (non-hydrogen) atoms. The molecule has 1 aliphatic heterocycles. The fourth-order valence-electron chi connectivity index (χ4n) is 1.79. The monoisotopic (exact) mass is 179 g/mol. The summed E-state index contributed by atoms with van der Waals surface area (Å²) in [7, 11) is 0. The van der Waals surface area contributed by atoms with Crippen LogP contribution in [-0.2, 0) is 0 Å². The van der Waals surface area contributed by atoms with Gasteiger partial charge >= 0.3 is 0 Å². The Bertz CT molecular complexity index is 286. The van der Waals surface area contributed by atoms with Crippen LogP contribution in [0.4, 0.5) is 0 Å². The van der Waals surface area contributed by atoms with E-state index >= 15 is 0 Å². The molecule has 70 valence electrons. The molecular formula is C10H13NO2. The summed E-state index contributed by atoms with van der Waals surface area (Å²) in [6.07, 6.45) is 2.23. The molecule has 1 aromatic carbocycles. The third-order valence-electron chi connectivity index (χ3n) is 2.39. The summed E-state index contributed by atoms with van der Waals surface area (Å²) in [5.74, 6) is 0.257. The van der Waals surface area contributed by atoms with Crippen LogP contribution in [0.25, 0.3) is 0 Å². The van der Waals surface area contributed by atoms with Crippen molar-refractivity contribution in [2.45, 2.75) is 18.9 Å². The Hall–Kier alpha value is -1.22. The zero-order chi connectivity index (χ0) is 9.26. The first kappa shape index (κ1) is 8.38. The molecule has 3 N–H and O–H groups in total. The van der Waals surface area contributed by atoms with E-state index in [0.29, 0.717) is 0 Å². The lowest BCUT2D eigenvalue weighted by Gasteiger charge is -2.10. The van der Waals surface area contributed by atoms with Crippen LogP contribution in [0.2, 0.25) is 0 Å². The van der Waals surface area contributed by atoms with Crippen LogP contribution in [0.5, 0.6) is 11.5 Å². The molecule has 1 atom stereocenters. The van der Waals surface area contributed by atoms with Crippen LogP contribution in [0.1, 0.15) is 24.4 Å². The number of hydrogen-bond acceptors (Lipinski definition) is 3. The Labute approximate surface area is 77.0 Å². The maximum atomic E-state index is 9.27. The number of phenolic OH excluding ortho intramolecular Hbond substituents is 2.